The smallest absolute Gasteiger partial charge is 0.171 e. The van der Waals surface area contributed by atoms with Crippen LogP contribution in [0.2, 0.25) is 0 Å². The maximum absolute atomic E-state index is 14.4. The molecule has 0 unspecified atom stereocenters. The van der Waals surface area contributed by atoms with Crippen LogP contribution < -0.4 is 4.74 Å². The average molecular weight is 611 g/mol. The highest BCUT2D eigenvalue weighted by Gasteiger charge is 2.61. The summed E-state index contributed by atoms with van der Waals surface area (Å²) in [5.41, 5.74) is 5.42. The van der Waals surface area contributed by atoms with Gasteiger partial charge in [-0.1, -0.05) is 79.2 Å². The van der Waals surface area contributed by atoms with E-state index >= 15 is 0 Å². The van der Waals surface area contributed by atoms with E-state index in [-0.39, 0.29) is 45.5 Å². The van der Waals surface area contributed by atoms with Gasteiger partial charge in [-0.2, -0.15) is 0 Å². The van der Waals surface area contributed by atoms with E-state index in [0.29, 0.717) is 41.6 Å². The summed E-state index contributed by atoms with van der Waals surface area (Å²) < 4.78 is 6.18. The van der Waals surface area contributed by atoms with Crippen molar-refractivity contribution in [3.05, 3.63) is 112 Å². The molecule has 232 valence electrons. The number of carbonyl (C=O) groups is 2. The second-order valence-corrected chi connectivity index (χ2v) is 14.6. The molecule has 0 aliphatic heterocycles. The predicted octanol–water partition coefficient (Wildman–Crippen LogP) is 8.55. The molecule has 7 atom stereocenters. The Morgan fingerprint density at radius 2 is 1.54 bits per heavy atom. The molecule has 2 saturated carbocycles. The Balaban J connectivity index is 1.02. The van der Waals surface area contributed by atoms with Crippen LogP contribution in [0.15, 0.2) is 84.4 Å². The minimum absolute atomic E-state index is 0.00418. The van der Waals surface area contributed by atoms with Gasteiger partial charge in [0.15, 0.2) is 11.6 Å². The number of Topliss-reactive ketones (excluding diaryl/α,β-unsaturated/α-hetero) is 2. The first kappa shape index (κ1) is 27.9. The molecule has 0 spiro atoms. The molecule has 2 N–H and O–H groups in total. The fourth-order valence-electron chi connectivity index (χ4n) is 10.6. The number of fused-ring (bicyclic) bond motifs is 11. The van der Waals surface area contributed by atoms with Crippen molar-refractivity contribution in [2.45, 2.75) is 58.0 Å². The van der Waals surface area contributed by atoms with Crippen molar-refractivity contribution in [3.63, 3.8) is 0 Å². The number of hydrogen-bond donors (Lipinski definition) is 2. The third-order valence-corrected chi connectivity index (χ3v) is 12.7. The number of phenols is 2. The normalized spacial score (nSPS) is 30.8. The minimum Gasteiger partial charge on any atom is -0.507 e. The number of allylic oxidation sites excluding steroid dienone is 2. The van der Waals surface area contributed by atoms with E-state index in [0.717, 1.165) is 43.4 Å². The van der Waals surface area contributed by atoms with Crippen molar-refractivity contribution in [3.8, 4) is 17.2 Å². The Bertz CT molecular complexity index is 1970. The van der Waals surface area contributed by atoms with Crippen molar-refractivity contribution in [1.29, 1.82) is 0 Å². The van der Waals surface area contributed by atoms with Gasteiger partial charge in [-0.15, -0.1) is 0 Å². The van der Waals surface area contributed by atoms with Gasteiger partial charge in [0.25, 0.3) is 0 Å². The van der Waals surface area contributed by atoms with E-state index in [1.54, 1.807) is 24.3 Å². The molecule has 0 amide bonds. The standard InChI is InChI=1S/C41H38O5/c1-41-18-17-26-25-14-12-24(46-21-22-7-3-2-4-8-22)19-23(25)11-13-27(26)33(41)20-31-32(41)16-15-30-34(31)40(45)36-35(39(30)44)37(42)28-9-5-6-10-29(28)38(36)43/h2-10,12,14,16,19,26-27,30-31,33-34,42-43H,11,13,15,17-18,20-21H2,1H3/t26-,27-,30-,31-,33+,34-,41-/m1/s1. The molecule has 5 nitrogen and oxygen atoms in total. The van der Waals surface area contributed by atoms with Gasteiger partial charge in [-0.25, -0.2) is 0 Å². The number of ether oxygens (including phenoxy) is 1. The molecule has 46 heavy (non-hydrogen) atoms. The Morgan fingerprint density at radius 1 is 0.826 bits per heavy atom. The summed E-state index contributed by atoms with van der Waals surface area (Å²) in [4.78, 5) is 28.5. The van der Waals surface area contributed by atoms with Gasteiger partial charge in [0.05, 0.1) is 11.1 Å². The minimum atomic E-state index is -0.499. The quantitative estimate of drug-likeness (QED) is 0.179. The third kappa shape index (κ3) is 3.81. The van der Waals surface area contributed by atoms with Gasteiger partial charge >= 0.3 is 0 Å². The second-order valence-electron chi connectivity index (χ2n) is 14.6. The molecule has 2 fully saturated rings. The van der Waals surface area contributed by atoms with Gasteiger partial charge in [-0.3, -0.25) is 9.59 Å². The lowest BCUT2D eigenvalue weighted by Gasteiger charge is -2.50. The van der Waals surface area contributed by atoms with Crippen LogP contribution in [0.4, 0.5) is 0 Å². The van der Waals surface area contributed by atoms with Crippen LogP contribution in [0.25, 0.3) is 10.8 Å². The second kappa shape index (κ2) is 10.1. The van der Waals surface area contributed by atoms with Crippen molar-refractivity contribution in [1.82, 2.24) is 0 Å². The van der Waals surface area contributed by atoms with Crippen LogP contribution >= 0.6 is 0 Å². The summed E-state index contributed by atoms with van der Waals surface area (Å²) in [7, 11) is 0. The number of phenolic OH excluding ortho intramolecular Hbond substituents is 2. The maximum atomic E-state index is 14.4. The predicted molar refractivity (Wildman–Crippen MR) is 176 cm³/mol. The average Bonchev–Trinajstić information content (AvgIpc) is 3.40. The van der Waals surface area contributed by atoms with Crippen molar-refractivity contribution in [2.24, 2.45) is 35.0 Å². The summed E-state index contributed by atoms with van der Waals surface area (Å²) in [6.45, 7) is 2.97. The molecule has 9 rings (SSSR count). The van der Waals surface area contributed by atoms with Gasteiger partial charge in [-0.05, 0) is 96.4 Å². The number of rotatable bonds is 3. The number of ketones is 2. The van der Waals surface area contributed by atoms with Gasteiger partial charge in [0.1, 0.15) is 23.9 Å². The fraction of sp³-hybridized carbons (Fsp3) is 0.366. The highest BCUT2D eigenvalue weighted by molar-refractivity contribution is 6.23. The molecule has 0 radical (unpaired) electrons. The Kier molecular flexibility index (Phi) is 6.10. The fourth-order valence-corrected chi connectivity index (χ4v) is 10.6. The van der Waals surface area contributed by atoms with E-state index < -0.39 is 11.8 Å². The van der Waals surface area contributed by atoms with E-state index in [9.17, 15) is 19.8 Å². The first-order valence-corrected chi connectivity index (χ1v) is 16.9. The SMILES string of the molecule is C[C@]12CC[C@@H]3c4ccc(OCc5ccccc5)cc4CC[C@H]3[C@@H]1C[C@@H]1C2=CC[C@H]2C(=O)c3c(c(O)c4ccccc4c3O)C(=O)[C@@H]12. The molecule has 0 heterocycles. The first-order valence-electron chi connectivity index (χ1n) is 16.9. The number of benzene rings is 4. The lowest BCUT2D eigenvalue weighted by Crippen LogP contribution is -2.43. The highest BCUT2D eigenvalue weighted by Crippen LogP contribution is 2.68. The molecule has 5 heteroatoms. The van der Waals surface area contributed by atoms with E-state index in [2.05, 4.69) is 43.3 Å². The molecule has 4 aromatic rings. The van der Waals surface area contributed by atoms with Crippen molar-refractivity contribution in [2.75, 3.05) is 0 Å². The van der Waals surface area contributed by atoms with E-state index in [1.165, 1.54) is 16.7 Å². The molecule has 0 bridgehead atoms. The van der Waals surface area contributed by atoms with Crippen LogP contribution in [0.3, 0.4) is 0 Å². The summed E-state index contributed by atoms with van der Waals surface area (Å²) in [5.74, 6) is 0.628. The topological polar surface area (TPSA) is 83.8 Å². The molecule has 4 aromatic carbocycles. The molecule has 0 saturated heterocycles. The van der Waals surface area contributed by atoms with Crippen LogP contribution in [0, 0.1) is 35.0 Å². The largest absolute Gasteiger partial charge is 0.507 e. The highest BCUT2D eigenvalue weighted by atomic mass is 16.5. The summed E-state index contributed by atoms with van der Waals surface area (Å²) in [5, 5.41) is 23.4. The molecule has 5 aliphatic carbocycles. The molecular weight excluding hydrogens is 572 g/mol. The number of hydrogen-bond acceptors (Lipinski definition) is 5. The summed E-state index contributed by atoms with van der Waals surface area (Å²) in [6, 6.07) is 23.9. The van der Waals surface area contributed by atoms with Gasteiger partial charge in [0.2, 0.25) is 0 Å². The zero-order chi connectivity index (χ0) is 31.3. The van der Waals surface area contributed by atoms with Crippen molar-refractivity contribution >= 4 is 22.3 Å². The Labute approximate surface area is 268 Å². The van der Waals surface area contributed by atoms with Crippen molar-refractivity contribution < 1.29 is 24.5 Å². The molecule has 5 aliphatic rings. The Hall–Kier alpha value is -4.38. The molecular formula is C41H38O5. The maximum Gasteiger partial charge on any atom is 0.171 e. The monoisotopic (exact) mass is 610 g/mol. The molecule has 0 aromatic heterocycles. The lowest BCUT2D eigenvalue weighted by atomic mass is 9.54. The van der Waals surface area contributed by atoms with Gasteiger partial charge in [0, 0.05) is 22.6 Å². The van der Waals surface area contributed by atoms with E-state index in [1.807, 2.05) is 18.2 Å². The number of aryl methyl sites for hydroxylation is 1. The number of aromatic hydroxyl groups is 2. The number of carbonyl (C=O) groups excluding carboxylic acids is 2. The Morgan fingerprint density at radius 3 is 2.30 bits per heavy atom. The van der Waals surface area contributed by atoms with Crippen LogP contribution in [0.1, 0.15) is 82.4 Å². The zero-order valence-electron chi connectivity index (χ0n) is 26.0. The van der Waals surface area contributed by atoms with Gasteiger partial charge < -0.3 is 14.9 Å². The van der Waals surface area contributed by atoms with Crippen LogP contribution in [0.5, 0.6) is 17.2 Å². The lowest BCUT2D eigenvalue weighted by molar-refractivity contribution is 0.0656. The first-order chi connectivity index (χ1) is 22.3. The third-order valence-electron chi connectivity index (χ3n) is 12.7. The summed E-state index contributed by atoms with van der Waals surface area (Å²) >= 11 is 0. The van der Waals surface area contributed by atoms with E-state index in [4.69, 9.17) is 4.74 Å². The van der Waals surface area contributed by atoms with Crippen LogP contribution in [-0.2, 0) is 13.0 Å². The summed E-state index contributed by atoms with van der Waals surface area (Å²) in [6.07, 6.45) is 8.01. The zero-order valence-corrected chi connectivity index (χ0v) is 26.0. The van der Waals surface area contributed by atoms with Crippen LogP contribution in [-0.4, -0.2) is 21.8 Å².